The smallest absolute Gasteiger partial charge is 0.259 e. The summed E-state index contributed by atoms with van der Waals surface area (Å²) in [6.07, 6.45) is 3.45. The molecule has 2 atom stereocenters. The first kappa shape index (κ1) is 19.6. The average molecular weight is 397 g/mol. The monoisotopic (exact) mass is 397 g/mol. The maximum Gasteiger partial charge on any atom is 0.259 e. The molecule has 2 fully saturated rings. The Kier molecular flexibility index (Phi) is 5.41. The highest BCUT2D eigenvalue weighted by molar-refractivity contribution is 5.95. The number of fused-ring (bicyclic) bond motifs is 1. The zero-order valence-corrected chi connectivity index (χ0v) is 17.0. The molecule has 1 aromatic carbocycles. The number of methoxy groups -OCH3 is 1. The van der Waals surface area contributed by atoms with Crippen molar-refractivity contribution >= 4 is 11.8 Å². The van der Waals surface area contributed by atoms with Gasteiger partial charge < -0.3 is 19.1 Å². The maximum atomic E-state index is 13.3. The topological polar surface area (TPSA) is 75.9 Å². The minimum Gasteiger partial charge on any atom is -0.383 e. The normalized spacial score (nSPS) is 24.5. The molecule has 0 bridgehead atoms. The van der Waals surface area contributed by atoms with E-state index in [9.17, 15) is 9.59 Å². The van der Waals surface area contributed by atoms with Gasteiger partial charge in [-0.2, -0.15) is 0 Å². The van der Waals surface area contributed by atoms with Gasteiger partial charge in [-0.1, -0.05) is 35.5 Å². The first-order valence-corrected chi connectivity index (χ1v) is 10.1. The summed E-state index contributed by atoms with van der Waals surface area (Å²) in [5, 5.41) is 3.76. The number of rotatable bonds is 5. The molecule has 2 saturated heterocycles. The minimum atomic E-state index is -0.237. The number of nitrogens with zero attached hydrogens (tertiary/aromatic N) is 3. The molecule has 29 heavy (non-hydrogen) atoms. The first-order chi connectivity index (χ1) is 14.1. The number of amides is 2. The van der Waals surface area contributed by atoms with Crippen molar-refractivity contribution in [3.8, 4) is 0 Å². The van der Waals surface area contributed by atoms with Crippen molar-refractivity contribution in [2.75, 3.05) is 33.4 Å². The van der Waals surface area contributed by atoms with Crippen molar-refractivity contribution < 1.29 is 18.8 Å². The van der Waals surface area contributed by atoms with Crippen molar-refractivity contribution in [1.82, 2.24) is 15.0 Å². The van der Waals surface area contributed by atoms with Crippen LogP contribution in [0.25, 0.3) is 0 Å². The van der Waals surface area contributed by atoms with Gasteiger partial charge in [0.25, 0.3) is 5.91 Å². The van der Waals surface area contributed by atoms with Crippen LogP contribution >= 0.6 is 0 Å². The van der Waals surface area contributed by atoms with Crippen LogP contribution in [0.2, 0.25) is 0 Å². The van der Waals surface area contributed by atoms with Gasteiger partial charge in [0.2, 0.25) is 5.91 Å². The summed E-state index contributed by atoms with van der Waals surface area (Å²) in [7, 11) is 1.64. The molecule has 0 radical (unpaired) electrons. The Balaban J connectivity index is 1.71. The van der Waals surface area contributed by atoms with Crippen LogP contribution in [-0.4, -0.2) is 66.2 Å². The third kappa shape index (κ3) is 3.44. The van der Waals surface area contributed by atoms with Crippen LogP contribution in [-0.2, 0) is 14.9 Å². The summed E-state index contributed by atoms with van der Waals surface area (Å²) in [5.41, 5.74) is 1.44. The second-order valence-electron chi connectivity index (χ2n) is 7.91. The molecule has 2 unspecified atom stereocenters. The van der Waals surface area contributed by atoms with Crippen molar-refractivity contribution in [2.45, 2.75) is 37.6 Å². The summed E-state index contributed by atoms with van der Waals surface area (Å²) in [6.45, 7) is 4.12. The van der Waals surface area contributed by atoms with E-state index in [4.69, 9.17) is 9.26 Å². The van der Waals surface area contributed by atoms with Gasteiger partial charge in [0.1, 0.15) is 11.3 Å². The quantitative estimate of drug-likeness (QED) is 0.774. The lowest BCUT2D eigenvalue weighted by Crippen LogP contribution is -2.45. The van der Waals surface area contributed by atoms with E-state index in [1.54, 1.807) is 14.0 Å². The lowest BCUT2D eigenvalue weighted by atomic mass is 9.71. The van der Waals surface area contributed by atoms with E-state index in [1.807, 2.05) is 28.0 Å². The Morgan fingerprint density at radius 2 is 2.03 bits per heavy atom. The molecular weight excluding hydrogens is 370 g/mol. The highest BCUT2D eigenvalue weighted by Gasteiger charge is 2.52. The van der Waals surface area contributed by atoms with E-state index in [0.717, 1.165) is 12.8 Å². The van der Waals surface area contributed by atoms with Crippen LogP contribution in [0.15, 0.2) is 41.1 Å². The summed E-state index contributed by atoms with van der Waals surface area (Å²) in [5.74, 6) is 0.477. The molecule has 2 amide bonds. The van der Waals surface area contributed by atoms with Gasteiger partial charge in [-0.3, -0.25) is 9.59 Å². The van der Waals surface area contributed by atoms with Crippen LogP contribution in [0.4, 0.5) is 0 Å². The Bertz CT molecular complexity index is 881. The van der Waals surface area contributed by atoms with E-state index in [2.05, 4.69) is 17.3 Å². The van der Waals surface area contributed by atoms with Gasteiger partial charge in [0.05, 0.1) is 18.8 Å². The van der Waals surface area contributed by atoms with Crippen molar-refractivity contribution in [1.29, 1.82) is 0 Å². The van der Waals surface area contributed by atoms with Gasteiger partial charge in [0, 0.05) is 38.6 Å². The van der Waals surface area contributed by atoms with Crippen LogP contribution in [0.1, 0.15) is 40.9 Å². The molecule has 2 aliphatic rings. The highest BCUT2D eigenvalue weighted by atomic mass is 16.5. The molecule has 0 N–H and O–H groups in total. The Hall–Kier alpha value is -2.67. The number of likely N-dealkylation sites (tertiary alicyclic amines) is 2. The molecule has 3 heterocycles. The second kappa shape index (κ2) is 7.99. The van der Waals surface area contributed by atoms with Gasteiger partial charge in [0.15, 0.2) is 0 Å². The van der Waals surface area contributed by atoms with Gasteiger partial charge in [-0.15, -0.1) is 0 Å². The van der Waals surface area contributed by atoms with Crippen molar-refractivity contribution in [3.63, 3.8) is 0 Å². The third-order valence-electron chi connectivity index (χ3n) is 6.52. The largest absolute Gasteiger partial charge is 0.383 e. The molecule has 154 valence electrons. The van der Waals surface area contributed by atoms with E-state index < -0.39 is 0 Å². The predicted molar refractivity (Wildman–Crippen MR) is 106 cm³/mol. The number of carbonyl (C=O) groups is 2. The van der Waals surface area contributed by atoms with Crippen LogP contribution in [0, 0.1) is 6.92 Å². The lowest BCUT2D eigenvalue weighted by molar-refractivity contribution is -0.132. The molecular formula is C22H27N3O4. The molecule has 4 rings (SSSR count). The molecule has 0 aliphatic carbocycles. The summed E-state index contributed by atoms with van der Waals surface area (Å²) in [4.78, 5) is 30.1. The Morgan fingerprint density at radius 1 is 1.28 bits per heavy atom. The van der Waals surface area contributed by atoms with Crippen molar-refractivity contribution in [3.05, 3.63) is 53.4 Å². The zero-order chi connectivity index (χ0) is 20.4. The first-order valence-electron chi connectivity index (χ1n) is 10.1. The number of benzene rings is 1. The highest BCUT2D eigenvalue weighted by Crippen LogP contribution is 2.46. The summed E-state index contributed by atoms with van der Waals surface area (Å²) >= 11 is 0. The number of hydrogen-bond donors (Lipinski definition) is 0. The number of hydrogen-bond acceptors (Lipinski definition) is 5. The van der Waals surface area contributed by atoms with Crippen LogP contribution in [0.5, 0.6) is 0 Å². The number of ether oxygens (including phenoxy) is 1. The zero-order valence-electron chi connectivity index (χ0n) is 17.0. The number of aromatic nitrogens is 1. The van der Waals surface area contributed by atoms with Gasteiger partial charge >= 0.3 is 0 Å². The number of aryl methyl sites for hydroxylation is 1. The standard InChI is InChI=1S/C22H27N3O4/c1-16-18(15-23-29-16)21(27)25-11-9-22(17-6-4-3-5-7-17)8-10-24(12-13-28-2)20(26)14-19(22)25/h3-7,15,19H,8-14H2,1-2H3. The predicted octanol–water partition coefficient (Wildman–Crippen LogP) is 2.40. The fourth-order valence-electron chi connectivity index (χ4n) is 4.88. The fourth-order valence-corrected chi connectivity index (χ4v) is 4.88. The van der Waals surface area contributed by atoms with Crippen molar-refractivity contribution in [2.24, 2.45) is 0 Å². The molecule has 2 aromatic rings. The molecule has 1 aromatic heterocycles. The second-order valence-corrected chi connectivity index (χ2v) is 7.91. The maximum absolute atomic E-state index is 13.3. The van der Waals surface area contributed by atoms with Gasteiger partial charge in [-0.05, 0) is 25.3 Å². The third-order valence-corrected chi connectivity index (χ3v) is 6.52. The molecule has 0 spiro atoms. The summed E-state index contributed by atoms with van der Waals surface area (Å²) < 4.78 is 10.3. The average Bonchev–Trinajstić information content (AvgIpc) is 3.29. The fraction of sp³-hybridized carbons (Fsp3) is 0.500. The summed E-state index contributed by atoms with van der Waals surface area (Å²) in [6, 6.07) is 10.1. The molecule has 7 heteroatoms. The van der Waals surface area contributed by atoms with E-state index in [0.29, 0.717) is 44.0 Å². The van der Waals surface area contributed by atoms with E-state index >= 15 is 0 Å². The Labute approximate surface area is 170 Å². The number of carbonyl (C=O) groups excluding carboxylic acids is 2. The molecule has 7 nitrogen and oxygen atoms in total. The molecule has 0 saturated carbocycles. The molecule has 2 aliphatic heterocycles. The van der Waals surface area contributed by atoms with Crippen LogP contribution in [0.3, 0.4) is 0 Å². The van der Waals surface area contributed by atoms with Crippen LogP contribution < -0.4 is 0 Å². The Morgan fingerprint density at radius 3 is 2.72 bits per heavy atom. The SMILES string of the molecule is COCCN1CCC2(c3ccccc3)CCN(C(=O)c3cnoc3C)C2CC1=O. The minimum absolute atomic E-state index is 0.0756. The van der Waals surface area contributed by atoms with E-state index in [-0.39, 0.29) is 23.3 Å². The van der Waals surface area contributed by atoms with E-state index in [1.165, 1.54) is 11.8 Å². The van der Waals surface area contributed by atoms with Gasteiger partial charge in [-0.25, -0.2) is 0 Å². The lowest BCUT2D eigenvalue weighted by Gasteiger charge is -2.36.